The second kappa shape index (κ2) is 4.47. The van der Waals surface area contributed by atoms with Gasteiger partial charge >= 0.3 is 5.97 Å². The number of hydrogen-bond acceptors (Lipinski definition) is 4. The van der Waals surface area contributed by atoms with E-state index in [2.05, 4.69) is 9.97 Å². The summed E-state index contributed by atoms with van der Waals surface area (Å²) in [5, 5.41) is 8.60. The molecule has 0 unspecified atom stereocenters. The van der Waals surface area contributed by atoms with Gasteiger partial charge in [-0.2, -0.15) is 0 Å². The maximum atomic E-state index is 10.5. The molecule has 0 saturated heterocycles. The molecule has 1 N–H and O–H groups in total. The molecule has 0 bridgehead atoms. The molecule has 1 aromatic rings. The molecule has 2 rings (SSSR count). The van der Waals surface area contributed by atoms with Gasteiger partial charge in [-0.05, 0) is 24.8 Å². The molecule has 16 heavy (non-hydrogen) atoms. The molecule has 0 radical (unpaired) electrons. The molecule has 0 saturated carbocycles. The van der Waals surface area contributed by atoms with E-state index < -0.39 is 5.97 Å². The molecule has 0 spiro atoms. The van der Waals surface area contributed by atoms with Crippen molar-refractivity contribution in [1.29, 1.82) is 0 Å². The Morgan fingerprint density at radius 3 is 3.12 bits per heavy atom. The summed E-state index contributed by atoms with van der Waals surface area (Å²) in [5.41, 5.74) is 2.35. The minimum Gasteiger partial charge on any atom is -0.481 e. The standard InChI is InChI=1S/C11H15N3O2/c1-14(6-5-10(15)16)11-12-7-8-3-2-4-9(8)13-11/h7H,2-6H2,1H3,(H,15,16). The van der Waals surface area contributed by atoms with Crippen LogP contribution in [0.25, 0.3) is 0 Å². The van der Waals surface area contributed by atoms with Gasteiger partial charge in [-0.15, -0.1) is 0 Å². The van der Waals surface area contributed by atoms with Crippen LogP contribution in [0.15, 0.2) is 6.20 Å². The van der Waals surface area contributed by atoms with Crippen LogP contribution in [-0.4, -0.2) is 34.6 Å². The van der Waals surface area contributed by atoms with Crippen LogP contribution >= 0.6 is 0 Å². The second-order valence-corrected chi connectivity index (χ2v) is 4.06. The van der Waals surface area contributed by atoms with Crippen molar-refractivity contribution in [2.75, 3.05) is 18.5 Å². The lowest BCUT2D eigenvalue weighted by Crippen LogP contribution is -2.23. The molecule has 1 aliphatic carbocycles. The third-order valence-corrected chi connectivity index (χ3v) is 2.80. The zero-order valence-corrected chi connectivity index (χ0v) is 9.31. The third kappa shape index (κ3) is 2.29. The minimum atomic E-state index is -0.798. The lowest BCUT2D eigenvalue weighted by Gasteiger charge is -2.16. The lowest BCUT2D eigenvalue weighted by molar-refractivity contribution is -0.136. The van der Waals surface area contributed by atoms with Crippen molar-refractivity contribution in [2.24, 2.45) is 0 Å². The normalized spacial score (nSPS) is 13.6. The Bertz CT molecular complexity index is 406. The van der Waals surface area contributed by atoms with Gasteiger partial charge in [0.2, 0.25) is 5.95 Å². The Labute approximate surface area is 94.1 Å². The van der Waals surface area contributed by atoms with Crippen LogP contribution in [0.2, 0.25) is 0 Å². The number of fused-ring (bicyclic) bond motifs is 1. The molecular formula is C11H15N3O2. The number of rotatable bonds is 4. The Balaban J connectivity index is 2.06. The van der Waals surface area contributed by atoms with Gasteiger partial charge in [0.15, 0.2) is 0 Å². The summed E-state index contributed by atoms with van der Waals surface area (Å²) >= 11 is 0. The number of aliphatic carboxylic acids is 1. The highest BCUT2D eigenvalue weighted by atomic mass is 16.4. The number of hydrogen-bond donors (Lipinski definition) is 1. The van der Waals surface area contributed by atoms with Crippen molar-refractivity contribution in [2.45, 2.75) is 25.7 Å². The first-order chi connectivity index (χ1) is 7.66. The molecule has 0 amide bonds. The monoisotopic (exact) mass is 221 g/mol. The summed E-state index contributed by atoms with van der Waals surface area (Å²) in [6.45, 7) is 0.439. The van der Waals surface area contributed by atoms with Crippen molar-refractivity contribution >= 4 is 11.9 Å². The maximum Gasteiger partial charge on any atom is 0.305 e. The SMILES string of the molecule is CN(CCC(=O)O)c1ncc2c(n1)CCC2. The van der Waals surface area contributed by atoms with Crippen molar-refractivity contribution in [3.63, 3.8) is 0 Å². The topological polar surface area (TPSA) is 66.3 Å². The molecule has 86 valence electrons. The maximum absolute atomic E-state index is 10.5. The summed E-state index contributed by atoms with van der Waals surface area (Å²) in [6, 6.07) is 0. The molecule has 0 atom stereocenters. The van der Waals surface area contributed by atoms with Crippen molar-refractivity contribution < 1.29 is 9.90 Å². The third-order valence-electron chi connectivity index (χ3n) is 2.80. The lowest BCUT2D eigenvalue weighted by atomic mass is 10.3. The number of carboxylic acid groups (broad SMARTS) is 1. The summed E-state index contributed by atoms with van der Waals surface area (Å²) in [7, 11) is 1.82. The Kier molecular flexibility index (Phi) is 3.03. The van der Waals surface area contributed by atoms with E-state index in [0.29, 0.717) is 12.5 Å². The van der Waals surface area contributed by atoms with E-state index in [-0.39, 0.29) is 6.42 Å². The summed E-state index contributed by atoms with van der Waals surface area (Å²) < 4.78 is 0. The molecule has 0 aromatic carbocycles. The van der Waals surface area contributed by atoms with Gasteiger partial charge < -0.3 is 10.0 Å². The fourth-order valence-electron chi connectivity index (χ4n) is 1.85. The number of aromatic nitrogens is 2. The number of carbonyl (C=O) groups is 1. The molecule has 1 heterocycles. The van der Waals surface area contributed by atoms with Gasteiger partial charge in [0, 0.05) is 25.5 Å². The highest BCUT2D eigenvalue weighted by Crippen LogP contribution is 2.20. The summed E-state index contributed by atoms with van der Waals surface area (Å²) in [5.74, 6) is -0.171. The zero-order chi connectivity index (χ0) is 11.5. The largest absolute Gasteiger partial charge is 0.481 e. The zero-order valence-electron chi connectivity index (χ0n) is 9.31. The quantitative estimate of drug-likeness (QED) is 0.817. The van der Waals surface area contributed by atoms with Crippen LogP contribution in [0.1, 0.15) is 24.1 Å². The fourth-order valence-corrected chi connectivity index (χ4v) is 1.85. The highest BCUT2D eigenvalue weighted by Gasteiger charge is 2.15. The van der Waals surface area contributed by atoms with Crippen LogP contribution in [0, 0.1) is 0 Å². The summed E-state index contributed by atoms with van der Waals surface area (Å²) in [6.07, 6.45) is 5.19. The molecule has 0 aliphatic heterocycles. The minimum absolute atomic E-state index is 0.108. The first kappa shape index (κ1) is 10.9. The van der Waals surface area contributed by atoms with Gasteiger partial charge in [0.25, 0.3) is 0 Å². The molecule has 1 aliphatic rings. The molecule has 0 fully saturated rings. The average molecular weight is 221 g/mol. The number of anilines is 1. The van der Waals surface area contributed by atoms with E-state index in [0.717, 1.165) is 25.0 Å². The van der Waals surface area contributed by atoms with Gasteiger partial charge in [-0.25, -0.2) is 9.97 Å². The highest BCUT2D eigenvalue weighted by molar-refractivity contribution is 5.67. The predicted molar refractivity (Wildman–Crippen MR) is 59.6 cm³/mol. The average Bonchev–Trinajstić information content (AvgIpc) is 2.72. The number of nitrogens with zero attached hydrogens (tertiary/aromatic N) is 3. The van der Waals surface area contributed by atoms with Crippen LogP contribution in [0.4, 0.5) is 5.95 Å². The van der Waals surface area contributed by atoms with Crippen LogP contribution in [0.5, 0.6) is 0 Å². The molecule has 5 nitrogen and oxygen atoms in total. The molecule has 1 aromatic heterocycles. The van der Waals surface area contributed by atoms with Gasteiger partial charge in [0.1, 0.15) is 0 Å². The van der Waals surface area contributed by atoms with E-state index in [1.54, 1.807) is 4.90 Å². The van der Waals surface area contributed by atoms with E-state index >= 15 is 0 Å². The first-order valence-corrected chi connectivity index (χ1v) is 5.44. The molecular weight excluding hydrogens is 206 g/mol. The van der Waals surface area contributed by atoms with Crippen molar-refractivity contribution in [3.05, 3.63) is 17.5 Å². The second-order valence-electron chi connectivity index (χ2n) is 4.06. The van der Waals surface area contributed by atoms with Crippen molar-refractivity contribution in [1.82, 2.24) is 9.97 Å². The first-order valence-electron chi connectivity index (χ1n) is 5.44. The number of carboxylic acids is 1. The Hall–Kier alpha value is -1.65. The predicted octanol–water partition coefficient (Wildman–Crippen LogP) is 0.876. The van der Waals surface area contributed by atoms with Crippen LogP contribution in [-0.2, 0) is 17.6 Å². The smallest absolute Gasteiger partial charge is 0.305 e. The van der Waals surface area contributed by atoms with E-state index in [1.165, 1.54) is 5.56 Å². The van der Waals surface area contributed by atoms with E-state index in [9.17, 15) is 4.79 Å². The van der Waals surface area contributed by atoms with E-state index in [4.69, 9.17) is 5.11 Å². The van der Waals surface area contributed by atoms with Gasteiger partial charge in [-0.1, -0.05) is 0 Å². The van der Waals surface area contributed by atoms with E-state index in [1.807, 2.05) is 13.2 Å². The van der Waals surface area contributed by atoms with Gasteiger partial charge in [-0.3, -0.25) is 4.79 Å². The van der Waals surface area contributed by atoms with Crippen molar-refractivity contribution in [3.8, 4) is 0 Å². The Morgan fingerprint density at radius 1 is 1.56 bits per heavy atom. The van der Waals surface area contributed by atoms with Gasteiger partial charge in [0.05, 0.1) is 6.42 Å². The fraction of sp³-hybridized carbons (Fsp3) is 0.545. The van der Waals surface area contributed by atoms with Crippen LogP contribution in [0.3, 0.4) is 0 Å². The molecule has 5 heteroatoms. The van der Waals surface area contributed by atoms with Crippen LogP contribution < -0.4 is 4.90 Å². The summed E-state index contributed by atoms with van der Waals surface area (Å²) in [4.78, 5) is 20.9. The Morgan fingerprint density at radius 2 is 2.38 bits per heavy atom. The number of aryl methyl sites for hydroxylation is 2.